The van der Waals surface area contributed by atoms with Crippen molar-refractivity contribution in [2.75, 3.05) is 17.3 Å². The zero-order valence-corrected chi connectivity index (χ0v) is 19.7. The molecule has 1 amide bonds. The van der Waals surface area contributed by atoms with E-state index in [1.54, 1.807) is 18.6 Å². The standard InChI is InChI=1S/C24H31N9O/c1-15-13-27-18(14-26-15)11-23(34)28-17-5-7-19(8-6-17)33(2)24-25-10-9-21(30-24)29-22-12-20(31-32-22)16-3-4-16/h9-10,12-14,16-17,19H,3-8,11H2,1-2H3,(H,28,34)(H2,25,29,30,31,32). The average Bonchev–Trinajstić information content (AvgIpc) is 3.60. The molecule has 10 heteroatoms. The number of hydrogen-bond acceptors (Lipinski definition) is 8. The van der Waals surface area contributed by atoms with Gasteiger partial charge in [0.25, 0.3) is 0 Å². The van der Waals surface area contributed by atoms with Crippen LogP contribution in [0.25, 0.3) is 0 Å². The predicted molar refractivity (Wildman–Crippen MR) is 129 cm³/mol. The molecular weight excluding hydrogens is 430 g/mol. The van der Waals surface area contributed by atoms with Gasteiger partial charge in [0.2, 0.25) is 11.9 Å². The number of nitrogens with one attached hydrogen (secondary N) is 3. The van der Waals surface area contributed by atoms with E-state index < -0.39 is 0 Å². The van der Waals surface area contributed by atoms with Crippen LogP contribution in [0.1, 0.15) is 61.5 Å². The molecule has 2 fully saturated rings. The Morgan fingerprint density at radius 2 is 1.91 bits per heavy atom. The molecular formula is C24H31N9O. The largest absolute Gasteiger partial charge is 0.353 e. The van der Waals surface area contributed by atoms with Gasteiger partial charge in [-0.1, -0.05) is 0 Å². The van der Waals surface area contributed by atoms with Crippen LogP contribution in [-0.2, 0) is 11.2 Å². The molecule has 34 heavy (non-hydrogen) atoms. The van der Waals surface area contributed by atoms with E-state index in [9.17, 15) is 4.79 Å². The number of carbonyl (C=O) groups excluding carboxylic acids is 1. The molecule has 0 bridgehead atoms. The van der Waals surface area contributed by atoms with Crippen molar-refractivity contribution < 1.29 is 4.79 Å². The van der Waals surface area contributed by atoms with Gasteiger partial charge in [-0.25, -0.2) is 4.98 Å². The highest BCUT2D eigenvalue weighted by Gasteiger charge is 2.27. The molecule has 178 valence electrons. The van der Waals surface area contributed by atoms with E-state index in [1.165, 1.54) is 18.5 Å². The predicted octanol–water partition coefficient (Wildman–Crippen LogP) is 3.03. The van der Waals surface area contributed by atoms with Gasteiger partial charge in [0.05, 0.1) is 17.8 Å². The minimum absolute atomic E-state index is 0.000255. The lowest BCUT2D eigenvalue weighted by Crippen LogP contribution is -2.43. The zero-order chi connectivity index (χ0) is 23.5. The van der Waals surface area contributed by atoms with Crippen LogP contribution in [0.15, 0.2) is 30.7 Å². The van der Waals surface area contributed by atoms with Crippen LogP contribution in [0.3, 0.4) is 0 Å². The highest BCUT2D eigenvalue weighted by molar-refractivity contribution is 5.78. The van der Waals surface area contributed by atoms with Crippen molar-refractivity contribution in [1.29, 1.82) is 0 Å². The molecule has 0 atom stereocenters. The molecule has 3 aromatic heterocycles. The number of nitrogens with zero attached hydrogens (tertiary/aromatic N) is 6. The molecule has 0 saturated heterocycles. The summed E-state index contributed by atoms with van der Waals surface area (Å²) in [6.07, 6.45) is 11.7. The second kappa shape index (κ2) is 9.74. The summed E-state index contributed by atoms with van der Waals surface area (Å²) in [6, 6.07) is 4.43. The molecule has 3 aromatic rings. The fourth-order valence-electron chi connectivity index (χ4n) is 4.45. The van der Waals surface area contributed by atoms with Crippen molar-refractivity contribution in [2.24, 2.45) is 0 Å². The van der Waals surface area contributed by atoms with E-state index in [0.717, 1.165) is 43.0 Å². The molecule has 0 aliphatic heterocycles. The van der Waals surface area contributed by atoms with Crippen molar-refractivity contribution >= 4 is 23.5 Å². The fraction of sp³-hybridized carbons (Fsp3) is 0.500. The fourth-order valence-corrected chi connectivity index (χ4v) is 4.45. The second-order valence-electron chi connectivity index (χ2n) is 9.36. The Morgan fingerprint density at radius 3 is 2.65 bits per heavy atom. The molecule has 2 aliphatic rings. The first kappa shape index (κ1) is 22.2. The SMILES string of the molecule is Cc1cnc(CC(=O)NC2CCC(N(C)c3nccc(Nc4cc(C5CC5)[nH]n4)n3)CC2)cn1. The van der Waals surface area contributed by atoms with Crippen LogP contribution in [-0.4, -0.2) is 55.2 Å². The monoisotopic (exact) mass is 461 g/mol. The van der Waals surface area contributed by atoms with Crippen LogP contribution < -0.4 is 15.5 Å². The van der Waals surface area contributed by atoms with Gasteiger partial charge in [0, 0.05) is 55.4 Å². The normalized spacial score (nSPS) is 20.1. The number of amides is 1. The van der Waals surface area contributed by atoms with Crippen molar-refractivity contribution in [2.45, 2.75) is 69.9 Å². The second-order valence-corrected chi connectivity index (χ2v) is 9.36. The van der Waals surface area contributed by atoms with Gasteiger partial charge in [-0.3, -0.25) is 19.9 Å². The van der Waals surface area contributed by atoms with Gasteiger partial charge in [-0.05, 0) is 51.5 Å². The summed E-state index contributed by atoms with van der Waals surface area (Å²) in [7, 11) is 2.04. The number of anilines is 3. The Labute approximate surface area is 199 Å². The molecule has 2 saturated carbocycles. The van der Waals surface area contributed by atoms with E-state index in [-0.39, 0.29) is 18.4 Å². The third-order valence-corrected chi connectivity index (χ3v) is 6.61. The van der Waals surface area contributed by atoms with Crippen LogP contribution in [0.4, 0.5) is 17.6 Å². The van der Waals surface area contributed by atoms with Crippen LogP contribution in [0.5, 0.6) is 0 Å². The van der Waals surface area contributed by atoms with Crippen molar-refractivity contribution in [3.63, 3.8) is 0 Å². The van der Waals surface area contributed by atoms with Crippen LogP contribution in [0, 0.1) is 6.92 Å². The number of carbonyl (C=O) groups is 1. The van der Waals surface area contributed by atoms with Gasteiger partial charge in [-0.15, -0.1) is 0 Å². The third kappa shape index (κ3) is 5.49. The van der Waals surface area contributed by atoms with E-state index >= 15 is 0 Å². The first-order chi connectivity index (χ1) is 16.5. The van der Waals surface area contributed by atoms with Crippen LogP contribution >= 0.6 is 0 Å². The lowest BCUT2D eigenvalue weighted by atomic mass is 9.90. The van der Waals surface area contributed by atoms with Gasteiger partial charge in [0.1, 0.15) is 5.82 Å². The van der Waals surface area contributed by atoms with E-state index in [4.69, 9.17) is 4.98 Å². The molecule has 3 N–H and O–H groups in total. The maximum absolute atomic E-state index is 12.4. The topological polar surface area (TPSA) is 125 Å². The minimum atomic E-state index is 0.000255. The van der Waals surface area contributed by atoms with Gasteiger partial charge < -0.3 is 15.5 Å². The van der Waals surface area contributed by atoms with Gasteiger partial charge in [-0.2, -0.15) is 10.1 Å². The molecule has 0 aromatic carbocycles. The zero-order valence-electron chi connectivity index (χ0n) is 19.7. The summed E-state index contributed by atoms with van der Waals surface area (Å²) in [6.45, 7) is 1.88. The van der Waals surface area contributed by atoms with Crippen molar-refractivity contribution in [3.05, 3.63) is 47.8 Å². The Bertz CT molecular complexity index is 1120. The Balaban J connectivity index is 1.11. The van der Waals surface area contributed by atoms with Crippen LogP contribution in [0.2, 0.25) is 0 Å². The van der Waals surface area contributed by atoms with E-state index in [0.29, 0.717) is 23.6 Å². The highest BCUT2D eigenvalue weighted by atomic mass is 16.1. The van der Waals surface area contributed by atoms with E-state index in [2.05, 4.69) is 46.7 Å². The minimum Gasteiger partial charge on any atom is -0.353 e. The molecule has 2 aliphatic carbocycles. The van der Waals surface area contributed by atoms with Crippen molar-refractivity contribution in [3.8, 4) is 0 Å². The Kier molecular flexibility index (Phi) is 6.37. The highest BCUT2D eigenvalue weighted by Crippen LogP contribution is 2.39. The molecule has 5 rings (SSSR count). The van der Waals surface area contributed by atoms with Crippen molar-refractivity contribution in [1.82, 2.24) is 35.5 Å². The molecule has 0 spiro atoms. The summed E-state index contributed by atoms with van der Waals surface area (Å²) < 4.78 is 0. The molecule has 0 unspecified atom stereocenters. The average molecular weight is 462 g/mol. The summed E-state index contributed by atoms with van der Waals surface area (Å²) in [5.74, 6) is 2.83. The maximum atomic E-state index is 12.4. The lowest BCUT2D eigenvalue weighted by molar-refractivity contribution is -0.121. The third-order valence-electron chi connectivity index (χ3n) is 6.61. The maximum Gasteiger partial charge on any atom is 0.227 e. The summed E-state index contributed by atoms with van der Waals surface area (Å²) >= 11 is 0. The number of aryl methyl sites for hydroxylation is 1. The number of hydrogen-bond donors (Lipinski definition) is 3. The lowest BCUT2D eigenvalue weighted by Gasteiger charge is -2.35. The number of aromatic amines is 1. The Hall–Kier alpha value is -3.56. The number of rotatable bonds is 8. The smallest absolute Gasteiger partial charge is 0.227 e. The summed E-state index contributed by atoms with van der Waals surface area (Å²) in [5, 5.41) is 13.9. The first-order valence-electron chi connectivity index (χ1n) is 12.0. The molecule has 0 radical (unpaired) electrons. The quantitative estimate of drug-likeness (QED) is 0.468. The summed E-state index contributed by atoms with van der Waals surface area (Å²) in [4.78, 5) is 32.2. The summed E-state index contributed by atoms with van der Waals surface area (Å²) in [5.41, 5.74) is 2.73. The number of H-pyrrole nitrogens is 1. The first-order valence-corrected chi connectivity index (χ1v) is 12.0. The molecule has 3 heterocycles. The van der Waals surface area contributed by atoms with E-state index in [1.807, 2.05) is 20.0 Å². The van der Waals surface area contributed by atoms with Gasteiger partial charge >= 0.3 is 0 Å². The molecule has 10 nitrogen and oxygen atoms in total. The Morgan fingerprint density at radius 1 is 1.09 bits per heavy atom. The van der Waals surface area contributed by atoms with Gasteiger partial charge in [0.15, 0.2) is 5.82 Å². The number of aromatic nitrogens is 6.